The monoisotopic (exact) mass is 614 g/mol. The van der Waals surface area contributed by atoms with E-state index < -0.39 is 26.0 Å². The highest BCUT2D eigenvalue weighted by atomic mass is 32.2. The van der Waals surface area contributed by atoms with Crippen LogP contribution in [0.2, 0.25) is 0 Å². The van der Waals surface area contributed by atoms with Gasteiger partial charge in [-0.15, -0.1) is 0 Å². The Bertz CT molecular complexity index is 1550. The summed E-state index contributed by atoms with van der Waals surface area (Å²) in [6.45, 7) is 4.30. The van der Waals surface area contributed by atoms with Gasteiger partial charge in [-0.05, 0) is 12.5 Å². The second-order valence-electron chi connectivity index (χ2n) is 9.19. The maximum atomic E-state index is 10.7. The minimum absolute atomic E-state index is 0.192. The van der Waals surface area contributed by atoms with E-state index in [0.29, 0.717) is 23.8 Å². The number of aromatic nitrogens is 6. The Morgan fingerprint density at radius 3 is 2.62 bits per heavy atom. The number of hydrogen-bond acceptors (Lipinski definition) is 12. The lowest BCUT2D eigenvalue weighted by Gasteiger charge is -2.14. The molecule has 17 heteroatoms. The first kappa shape index (κ1) is 31.0. The van der Waals surface area contributed by atoms with Crippen LogP contribution in [0.1, 0.15) is 29.0 Å². The number of nitrogens with zero attached hydrogens (tertiary/aromatic N) is 8. The highest BCUT2D eigenvalue weighted by Gasteiger charge is 2.29. The molecule has 2 aliphatic rings. The molecule has 222 valence electrons. The van der Waals surface area contributed by atoms with Gasteiger partial charge in [0.05, 0.1) is 31.2 Å². The number of fused-ring (bicyclic) bond motifs is 2. The maximum absolute atomic E-state index is 10.7. The number of amides is 1. The Labute approximate surface area is 245 Å². The van der Waals surface area contributed by atoms with E-state index >= 15 is 0 Å². The smallest absolute Gasteiger partial charge is 0.350 e. The van der Waals surface area contributed by atoms with Crippen LogP contribution in [0.15, 0.2) is 66.6 Å². The predicted molar refractivity (Wildman–Crippen MR) is 158 cm³/mol. The van der Waals surface area contributed by atoms with Crippen molar-refractivity contribution in [2.75, 3.05) is 30.9 Å². The van der Waals surface area contributed by atoms with Gasteiger partial charge in [-0.25, -0.2) is 19.9 Å². The number of nitrogens with two attached hydrogens (primary N) is 2. The van der Waals surface area contributed by atoms with Crippen LogP contribution in [0.4, 0.5) is 5.82 Å². The summed E-state index contributed by atoms with van der Waals surface area (Å²) in [6, 6.07) is 10.9. The summed E-state index contributed by atoms with van der Waals surface area (Å²) in [6.07, 6.45) is 6.07. The molecule has 3 aromatic heterocycles. The van der Waals surface area contributed by atoms with Crippen molar-refractivity contribution >= 4 is 47.4 Å². The van der Waals surface area contributed by atoms with Gasteiger partial charge in [-0.2, -0.15) is 0 Å². The van der Waals surface area contributed by atoms with Gasteiger partial charge in [0.2, 0.25) is 0 Å². The summed E-state index contributed by atoms with van der Waals surface area (Å²) < 4.78 is 17.5. The molecular weight excluding hydrogens is 583 g/mol. The number of anilines is 1. The molecule has 4 aromatic rings. The number of imidazole rings is 1. The first-order valence-corrected chi connectivity index (χ1v) is 15.5. The molecule has 5 heterocycles. The zero-order valence-electron chi connectivity index (χ0n) is 22.7. The number of carbonyl (C=O) groups excluding carboxylic acids is 1. The van der Waals surface area contributed by atoms with Gasteiger partial charge in [-0.1, -0.05) is 42.1 Å². The van der Waals surface area contributed by atoms with E-state index in [1.165, 1.54) is 54.3 Å². The predicted octanol–water partition coefficient (Wildman–Crippen LogP) is 1.67. The molecule has 1 amide bonds. The average Bonchev–Trinajstić information content (AvgIpc) is 3.70. The fraction of sp³-hybridized carbons (Fsp3) is 0.320. The van der Waals surface area contributed by atoms with Crippen LogP contribution in [-0.2, 0) is 15.8 Å². The Balaban J connectivity index is 0.000000154. The van der Waals surface area contributed by atoms with Crippen LogP contribution in [0.25, 0.3) is 11.2 Å². The van der Waals surface area contributed by atoms with Crippen molar-refractivity contribution in [3.8, 4) is 0 Å². The van der Waals surface area contributed by atoms with Gasteiger partial charge < -0.3 is 35.5 Å². The zero-order valence-corrected chi connectivity index (χ0v) is 24.4. The summed E-state index contributed by atoms with van der Waals surface area (Å²) in [5.41, 5.74) is 13.1. The fourth-order valence-electron chi connectivity index (χ4n) is 3.97. The molecule has 42 heavy (non-hydrogen) atoms. The number of hydrogen-bond donors (Lipinski definition) is 4. The van der Waals surface area contributed by atoms with Crippen molar-refractivity contribution in [2.24, 2.45) is 10.7 Å². The molecule has 0 saturated carbocycles. The number of amidine groups is 1. The molecule has 0 spiro atoms. The Morgan fingerprint density at radius 1 is 1.19 bits per heavy atom. The molecule has 15 nitrogen and oxygen atoms in total. The lowest BCUT2D eigenvalue weighted by atomic mass is 10.1. The Hall–Kier alpha value is -3.95. The second kappa shape index (κ2) is 14.3. The maximum Gasteiger partial charge on any atom is 0.350 e. The van der Waals surface area contributed by atoms with Gasteiger partial charge in [0.1, 0.15) is 23.9 Å². The third-order valence-corrected chi connectivity index (χ3v) is 7.43. The summed E-state index contributed by atoms with van der Waals surface area (Å²) in [5, 5.41) is 1.25. The lowest BCUT2D eigenvalue weighted by Crippen LogP contribution is -2.21. The zero-order chi connectivity index (χ0) is 30.1. The van der Waals surface area contributed by atoms with Crippen molar-refractivity contribution in [3.05, 3.63) is 72.8 Å². The number of nitrogen functional groups attached to an aromatic ring is 1. The van der Waals surface area contributed by atoms with Crippen molar-refractivity contribution in [3.63, 3.8) is 0 Å². The first-order chi connectivity index (χ1) is 20.1. The molecule has 6 rings (SSSR count). The van der Waals surface area contributed by atoms with Gasteiger partial charge in [0.25, 0.3) is 5.91 Å². The lowest BCUT2D eigenvalue weighted by molar-refractivity contribution is 0.0764. The number of rotatable bonds is 7. The molecule has 0 aliphatic carbocycles. The molecule has 0 bridgehead atoms. The summed E-state index contributed by atoms with van der Waals surface area (Å²) in [4.78, 5) is 54.2. The van der Waals surface area contributed by atoms with E-state index in [9.17, 15) is 9.36 Å². The van der Waals surface area contributed by atoms with Crippen molar-refractivity contribution in [1.29, 1.82) is 0 Å². The van der Waals surface area contributed by atoms with Crippen LogP contribution in [-0.4, -0.2) is 86.5 Å². The third kappa shape index (κ3) is 8.77. The van der Waals surface area contributed by atoms with E-state index in [0.717, 1.165) is 6.54 Å². The minimum Gasteiger partial charge on any atom is -0.382 e. The van der Waals surface area contributed by atoms with E-state index in [2.05, 4.69) is 60.2 Å². The van der Waals surface area contributed by atoms with Crippen molar-refractivity contribution < 1.29 is 23.9 Å². The van der Waals surface area contributed by atoms with Gasteiger partial charge in [0.15, 0.2) is 16.6 Å². The third-order valence-electron chi connectivity index (χ3n) is 5.93. The van der Waals surface area contributed by atoms with E-state index in [1.54, 1.807) is 11.5 Å². The Morgan fingerprint density at radius 2 is 1.98 bits per heavy atom. The topological polar surface area (TPSA) is 221 Å². The Kier molecular flexibility index (Phi) is 10.5. The average molecular weight is 615 g/mol. The first-order valence-electron chi connectivity index (χ1n) is 12.7. The summed E-state index contributed by atoms with van der Waals surface area (Å²) >= 11 is 1.89. The van der Waals surface area contributed by atoms with Gasteiger partial charge >= 0.3 is 7.60 Å². The molecule has 0 radical (unpaired) electrons. The van der Waals surface area contributed by atoms with E-state index in [4.69, 9.17) is 31.0 Å². The summed E-state index contributed by atoms with van der Waals surface area (Å²) in [5.74, 6) is 0.941. The highest BCUT2D eigenvalue weighted by molar-refractivity contribution is 8.14. The number of carbonyl (C=O) groups is 1. The van der Waals surface area contributed by atoms with Crippen LogP contribution >= 0.6 is 19.4 Å². The molecular formula is C25H31N10O5PS. The number of primary amides is 1. The SMILES string of the molecule is C[C@H](Cn1cnc2c(N)ncnc21)OCP(=O)(O)O.NC(=O)c1cnccn1.c1ccc([C@@H]2CN3CCSC3=N2)cc1. The van der Waals surface area contributed by atoms with Gasteiger partial charge in [0, 0.05) is 31.2 Å². The second-order valence-corrected chi connectivity index (χ2v) is 11.8. The number of thioether (sulfide) groups is 1. The van der Waals surface area contributed by atoms with E-state index in [-0.39, 0.29) is 11.5 Å². The van der Waals surface area contributed by atoms with Gasteiger partial charge in [-0.3, -0.25) is 19.3 Å². The summed E-state index contributed by atoms with van der Waals surface area (Å²) in [7, 11) is -4.16. The van der Waals surface area contributed by atoms with Crippen LogP contribution in [0, 0.1) is 0 Å². The quantitative estimate of drug-likeness (QED) is 0.218. The van der Waals surface area contributed by atoms with E-state index in [1.807, 2.05) is 11.8 Å². The molecule has 2 aliphatic heterocycles. The minimum atomic E-state index is -4.16. The molecule has 1 fully saturated rings. The number of benzene rings is 1. The molecule has 6 N–H and O–H groups in total. The molecule has 1 saturated heterocycles. The van der Waals surface area contributed by atoms with Crippen LogP contribution in [0.5, 0.6) is 0 Å². The normalized spacial score (nSPS) is 16.5. The highest BCUT2D eigenvalue weighted by Crippen LogP contribution is 2.34. The number of ether oxygens (including phenoxy) is 1. The fourth-order valence-corrected chi connectivity index (χ4v) is 5.47. The van der Waals surface area contributed by atoms with Crippen molar-refractivity contribution in [2.45, 2.75) is 25.6 Å². The van der Waals surface area contributed by atoms with Crippen molar-refractivity contribution in [1.82, 2.24) is 34.4 Å². The largest absolute Gasteiger partial charge is 0.382 e. The van der Waals surface area contributed by atoms with Crippen LogP contribution in [0.3, 0.4) is 0 Å². The number of aliphatic imine (C=N–C) groups is 1. The molecule has 1 aromatic carbocycles. The molecule has 2 atom stereocenters. The molecule has 0 unspecified atom stereocenters. The van der Waals surface area contributed by atoms with Crippen LogP contribution < -0.4 is 11.5 Å². The standard InChI is InChI=1S/C11H12N2S.C9H14N5O4P.C5H5N3O/c1-2-4-9(5-3-1)10-8-13-6-7-14-11(13)12-10;1-6(18-5-19(15,16)17)2-14-4-13-7-8(10)11-3-12-9(7)14;6-5(9)4-3-7-1-2-8-4/h1-5,10H,6-8H2;3-4,6H,2,5H2,1H3,(H2,10,11,12)(H2,15,16,17);1-3H,(H2,6,9)/t10-;6-;/m01./s1.